The molecule has 0 unspecified atom stereocenters. The maximum atomic E-state index is 13.8. The maximum absolute atomic E-state index is 13.8. The van der Waals surface area contributed by atoms with Crippen LogP contribution in [-0.2, 0) is 18.1 Å². The number of aromatic nitrogens is 2. The Morgan fingerprint density at radius 2 is 1.95 bits per heavy atom. The molecule has 10 heteroatoms. The molecule has 3 aliphatic rings. The number of hydrogen-bond acceptors (Lipinski definition) is 6. The zero-order chi connectivity index (χ0) is 28.6. The summed E-state index contributed by atoms with van der Waals surface area (Å²) < 4.78 is 61.0. The molecule has 218 valence electrons. The lowest BCUT2D eigenvalue weighted by Crippen LogP contribution is -2.54. The van der Waals surface area contributed by atoms with Crippen molar-refractivity contribution in [1.82, 2.24) is 20.2 Å². The number of fused-ring (bicyclic) bond motifs is 2. The van der Waals surface area contributed by atoms with Crippen molar-refractivity contribution in [2.24, 2.45) is 0 Å². The lowest BCUT2D eigenvalue weighted by Gasteiger charge is -2.49. The Bertz CT molecular complexity index is 1380. The molecule has 41 heavy (non-hydrogen) atoms. The molecule has 3 aliphatic heterocycles. The van der Waals surface area contributed by atoms with Gasteiger partial charge in [-0.2, -0.15) is 13.2 Å². The third-order valence-corrected chi connectivity index (χ3v) is 8.74. The number of rotatable bonds is 6. The molecule has 2 saturated heterocycles. The number of nitrogens with one attached hydrogen (secondary N) is 1. The standard InChI is InChI=1S/C31H35F4N5O/c1-2-41-29-23(6-4-14-37-29)26-9-8-24-27(38-26)19-39(18-22-5-3-13-36-22)20-30(24)11-15-40(16-12-30)28-10-7-21(32)17-25(28)31(33,34)35/h4,6-10,14,17,22,36H,2-3,5,11-13,15-16,18-20H2,1H3/t22-/m1/s1. The highest BCUT2D eigenvalue weighted by atomic mass is 19.4. The summed E-state index contributed by atoms with van der Waals surface area (Å²) in [6, 6.07) is 11.4. The highest BCUT2D eigenvalue weighted by Gasteiger charge is 2.44. The normalized spacial score (nSPS) is 20.8. The van der Waals surface area contributed by atoms with Crippen LogP contribution >= 0.6 is 0 Å². The third-order valence-electron chi connectivity index (χ3n) is 8.74. The van der Waals surface area contributed by atoms with E-state index in [2.05, 4.69) is 21.3 Å². The van der Waals surface area contributed by atoms with Crippen molar-refractivity contribution in [2.75, 3.05) is 44.2 Å². The molecular formula is C31H35F4N5O. The third kappa shape index (κ3) is 5.64. The number of ether oxygens (including phenoxy) is 1. The van der Waals surface area contributed by atoms with Crippen molar-refractivity contribution in [3.63, 3.8) is 0 Å². The smallest absolute Gasteiger partial charge is 0.418 e. The molecule has 0 bridgehead atoms. The molecule has 1 atom stereocenters. The number of halogens is 4. The van der Waals surface area contributed by atoms with Gasteiger partial charge in [0.15, 0.2) is 0 Å². The summed E-state index contributed by atoms with van der Waals surface area (Å²) in [6.07, 6.45) is 0.746. The first-order valence-electron chi connectivity index (χ1n) is 14.4. The van der Waals surface area contributed by atoms with Crippen molar-refractivity contribution in [1.29, 1.82) is 0 Å². The van der Waals surface area contributed by atoms with Gasteiger partial charge in [0.25, 0.3) is 0 Å². The largest absolute Gasteiger partial charge is 0.477 e. The molecule has 5 heterocycles. The molecule has 1 aromatic carbocycles. The second kappa shape index (κ2) is 11.2. The topological polar surface area (TPSA) is 53.5 Å². The van der Waals surface area contributed by atoms with E-state index in [9.17, 15) is 17.6 Å². The molecule has 2 fully saturated rings. The van der Waals surface area contributed by atoms with E-state index in [-0.39, 0.29) is 11.1 Å². The molecular weight excluding hydrogens is 534 g/mol. The van der Waals surface area contributed by atoms with Crippen LogP contribution < -0.4 is 15.0 Å². The quantitative estimate of drug-likeness (QED) is 0.379. The Morgan fingerprint density at radius 3 is 2.68 bits per heavy atom. The van der Waals surface area contributed by atoms with Gasteiger partial charge in [0.05, 0.1) is 29.1 Å². The average molecular weight is 570 g/mol. The Kier molecular flexibility index (Phi) is 7.63. The summed E-state index contributed by atoms with van der Waals surface area (Å²) >= 11 is 0. The van der Waals surface area contributed by atoms with Crippen LogP contribution in [0, 0.1) is 5.82 Å². The Hall–Kier alpha value is -3.24. The molecule has 2 aromatic heterocycles. The van der Waals surface area contributed by atoms with Crippen molar-refractivity contribution < 1.29 is 22.3 Å². The van der Waals surface area contributed by atoms with E-state index < -0.39 is 17.6 Å². The lowest BCUT2D eigenvalue weighted by molar-refractivity contribution is -0.137. The van der Waals surface area contributed by atoms with Gasteiger partial charge in [-0.1, -0.05) is 6.07 Å². The summed E-state index contributed by atoms with van der Waals surface area (Å²) in [6.45, 7) is 6.80. The Morgan fingerprint density at radius 1 is 1.12 bits per heavy atom. The number of alkyl halides is 3. The number of nitrogens with zero attached hydrogens (tertiary/aromatic N) is 4. The van der Waals surface area contributed by atoms with E-state index in [0.717, 1.165) is 55.5 Å². The van der Waals surface area contributed by atoms with Gasteiger partial charge in [0.1, 0.15) is 5.82 Å². The molecule has 0 radical (unpaired) electrons. The van der Waals surface area contributed by atoms with Crippen LogP contribution in [0.25, 0.3) is 11.3 Å². The van der Waals surface area contributed by atoms with Gasteiger partial charge in [-0.05, 0) is 81.1 Å². The summed E-state index contributed by atoms with van der Waals surface area (Å²) in [5.41, 5.74) is 2.72. The molecule has 0 amide bonds. The van der Waals surface area contributed by atoms with Gasteiger partial charge in [0.2, 0.25) is 5.88 Å². The van der Waals surface area contributed by atoms with Crippen LogP contribution in [0.4, 0.5) is 23.2 Å². The second-order valence-electron chi connectivity index (χ2n) is 11.4. The van der Waals surface area contributed by atoms with Gasteiger partial charge in [0, 0.05) is 56.1 Å². The highest BCUT2D eigenvalue weighted by Crippen LogP contribution is 2.45. The number of anilines is 1. The first-order valence-corrected chi connectivity index (χ1v) is 14.4. The Balaban J connectivity index is 1.32. The first kappa shape index (κ1) is 27.9. The molecule has 1 N–H and O–H groups in total. The van der Waals surface area contributed by atoms with Gasteiger partial charge < -0.3 is 15.0 Å². The fraction of sp³-hybridized carbons (Fsp3) is 0.484. The number of benzene rings is 1. The SMILES string of the molecule is CCOc1ncccc1-c1ccc2c(n1)CN(C[C@H]1CCCN1)CC21CCN(c2ccc(F)cc2C(F)(F)F)CC1. The van der Waals surface area contributed by atoms with E-state index in [1.54, 1.807) is 11.1 Å². The van der Waals surface area contributed by atoms with Crippen molar-refractivity contribution in [3.8, 4) is 17.1 Å². The lowest BCUT2D eigenvalue weighted by atomic mass is 9.69. The predicted octanol–water partition coefficient (Wildman–Crippen LogP) is 5.81. The average Bonchev–Trinajstić information content (AvgIpc) is 3.46. The zero-order valence-electron chi connectivity index (χ0n) is 23.2. The van der Waals surface area contributed by atoms with Crippen molar-refractivity contribution in [3.05, 3.63) is 71.3 Å². The van der Waals surface area contributed by atoms with Crippen molar-refractivity contribution >= 4 is 5.69 Å². The van der Waals surface area contributed by atoms with E-state index in [1.807, 2.05) is 25.1 Å². The van der Waals surface area contributed by atoms with Gasteiger partial charge >= 0.3 is 6.18 Å². The predicted molar refractivity (Wildman–Crippen MR) is 149 cm³/mol. The van der Waals surface area contributed by atoms with Gasteiger partial charge in [-0.15, -0.1) is 0 Å². The molecule has 0 aliphatic carbocycles. The van der Waals surface area contributed by atoms with E-state index in [4.69, 9.17) is 9.72 Å². The minimum absolute atomic E-state index is 0.0466. The van der Waals surface area contributed by atoms with Crippen LogP contribution in [0.3, 0.4) is 0 Å². The fourth-order valence-electron chi connectivity index (χ4n) is 6.84. The summed E-state index contributed by atoms with van der Waals surface area (Å²) in [7, 11) is 0. The minimum Gasteiger partial charge on any atom is -0.477 e. The summed E-state index contributed by atoms with van der Waals surface area (Å²) in [5, 5.41) is 3.60. The Labute approximate surface area is 237 Å². The molecule has 0 saturated carbocycles. The molecule has 3 aromatic rings. The second-order valence-corrected chi connectivity index (χ2v) is 11.4. The van der Waals surface area contributed by atoms with Crippen LogP contribution in [0.15, 0.2) is 48.7 Å². The maximum Gasteiger partial charge on any atom is 0.418 e. The van der Waals surface area contributed by atoms with E-state index >= 15 is 0 Å². The zero-order valence-corrected chi connectivity index (χ0v) is 23.2. The first-order chi connectivity index (χ1) is 19.8. The monoisotopic (exact) mass is 569 g/mol. The van der Waals surface area contributed by atoms with E-state index in [0.29, 0.717) is 57.1 Å². The molecule has 6 rings (SSSR count). The van der Waals surface area contributed by atoms with Gasteiger partial charge in [-0.25, -0.2) is 9.37 Å². The van der Waals surface area contributed by atoms with E-state index in [1.165, 1.54) is 11.6 Å². The van der Waals surface area contributed by atoms with Crippen molar-refractivity contribution in [2.45, 2.75) is 56.8 Å². The number of pyridine rings is 2. The summed E-state index contributed by atoms with van der Waals surface area (Å²) in [4.78, 5) is 13.8. The summed E-state index contributed by atoms with van der Waals surface area (Å²) in [5.74, 6) is -0.331. The molecule has 6 nitrogen and oxygen atoms in total. The van der Waals surface area contributed by atoms with Crippen LogP contribution in [0.5, 0.6) is 5.88 Å². The number of hydrogen-bond donors (Lipinski definition) is 1. The van der Waals surface area contributed by atoms with Crippen LogP contribution in [0.1, 0.15) is 49.4 Å². The molecule has 1 spiro atoms. The number of piperidine rings is 1. The highest BCUT2D eigenvalue weighted by molar-refractivity contribution is 5.65. The van der Waals surface area contributed by atoms with Crippen LogP contribution in [0.2, 0.25) is 0 Å². The van der Waals surface area contributed by atoms with Crippen LogP contribution in [-0.4, -0.2) is 60.2 Å². The van der Waals surface area contributed by atoms with Gasteiger partial charge in [-0.3, -0.25) is 9.88 Å². The minimum atomic E-state index is -4.62. The fourth-order valence-corrected chi connectivity index (χ4v) is 6.84.